The van der Waals surface area contributed by atoms with E-state index in [0.717, 1.165) is 35.8 Å². The molecule has 0 radical (unpaired) electrons. The Morgan fingerprint density at radius 1 is 0.815 bits per heavy atom. The molecule has 6 heteroatoms. The second-order valence-corrected chi connectivity index (χ2v) is 6.95. The maximum absolute atomic E-state index is 5.70. The molecule has 6 nitrogen and oxygen atoms in total. The van der Waals surface area contributed by atoms with E-state index in [1.54, 1.807) is 0 Å². The van der Waals surface area contributed by atoms with Crippen LogP contribution in [0.2, 0.25) is 0 Å². The third kappa shape index (κ3) is 5.28. The predicted octanol–water partition coefficient (Wildman–Crippen LogP) is 2.87. The Hall–Kier alpha value is -2.44. The molecule has 0 fully saturated rings. The molecule has 2 heterocycles. The first-order valence-electron chi connectivity index (χ1n) is 9.25. The summed E-state index contributed by atoms with van der Waals surface area (Å²) in [6.45, 7) is 4.83. The number of nitrogens with two attached hydrogens (primary N) is 1. The van der Waals surface area contributed by atoms with Crippen molar-refractivity contribution in [2.75, 3.05) is 20.6 Å². The number of hydrogen-bond acceptors (Lipinski definition) is 6. The fourth-order valence-corrected chi connectivity index (χ4v) is 2.96. The topological polar surface area (TPSA) is 75.0 Å². The van der Waals surface area contributed by atoms with Crippen LogP contribution in [-0.4, -0.2) is 32.7 Å². The SMILES string of the molecule is CC(N)Cc1ccc2c(c1)OCO2.CNC(C)Cc1ccc2c(c1)OCO2. The summed E-state index contributed by atoms with van der Waals surface area (Å²) >= 11 is 0. The molecule has 2 unspecified atom stereocenters. The molecule has 0 spiro atoms. The molecule has 3 N–H and O–H groups in total. The summed E-state index contributed by atoms with van der Waals surface area (Å²) in [5, 5.41) is 3.21. The molecule has 2 aliphatic heterocycles. The minimum atomic E-state index is 0.181. The van der Waals surface area contributed by atoms with E-state index in [2.05, 4.69) is 24.4 Å². The summed E-state index contributed by atoms with van der Waals surface area (Å²) in [6, 6.07) is 12.7. The first kappa shape index (κ1) is 19.3. The Labute approximate surface area is 160 Å². The van der Waals surface area contributed by atoms with Gasteiger partial charge in [0.1, 0.15) is 0 Å². The molecule has 0 saturated heterocycles. The van der Waals surface area contributed by atoms with Crippen molar-refractivity contribution in [1.82, 2.24) is 5.32 Å². The molecule has 0 amide bonds. The number of benzene rings is 2. The lowest BCUT2D eigenvalue weighted by molar-refractivity contribution is 0.173. The number of nitrogens with one attached hydrogen (secondary N) is 1. The van der Waals surface area contributed by atoms with Gasteiger partial charge in [-0.3, -0.25) is 0 Å². The van der Waals surface area contributed by atoms with Crippen molar-refractivity contribution in [3.63, 3.8) is 0 Å². The van der Waals surface area contributed by atoms with E-state index in [1.807, 2.05) is 38.2 Å². The van der Waals surface area contributed by atoms with Crippen LogP contribution in [-0.2, 0) is 12.8 Å². The normalized spacial score (nSPS) is 15.7. The molecule has 0 aliphatic carbocycles. The van der Waals surface area contributed by atoms with Crippen molar-refractivity contribution < 1.29 is 18.9 Å². The number of fused-ring (bicyclic) bond motifs is 2. The summed E-state index contributed by atoms with van der Waals surface area (Å²) in [4.78, 5) is 0. The third-order valence-corrected chi connectivity index (χ3v) is 4.47. The van der Waals surface area contributed by atoms with Crippen LogP contribution in [0.25, 0.3) is 0 Å². The monoisotopic (exact) mass is 372 g/mol. The van der Waals surface area contributed by atoms with Crippen molar-refractivity contribution in [2.45, 2.75) is 38.8 Å². The molecule has 4 rings (SSSR count). The second kappa shape index (κ2) is 8.97. The molecular formula is C21H28N2O4. The molecule has 0 bridgehead atoms. The van der Waals surface area contributed by atoms with Crippen LogP contribution in [0.5, 0.6) is 23.0 Å². The number of hydrogen-bond donors (Lipinski definition) is 2. The van der Waals surface area contributed by atoms with E-state index < -0.39 is 0 Å². The Morgan fingerprint density at radius 3 is 1.78 bits per heavy atom. The van der Waals surface area contributed by atoms with Crippen molar-refractivity contribution >= 4 is 0 Å². The highest BCUT2D eigenvalue weighted by molar-refractivity contribution is 5.45. The largest absolute Gasteiger partial charge is 0.454 e. The summed E-state index contributed by atoms with van der Waals surface area (Å²) in [5.74, 6) is 3.38. The average molecular weight is 372 g/mol. The fourth-order valence-electron chi connectivity index (χ4n) is 2.96. The van der Waals surface area contributed by atoms with Crippen LogP contribution < -0.4 is 30.0 Å². The molecule has 2 aromatic carbocycles. The van der Waals surface area contributed by atoms with E-state index in [-0.39, 0.29) is 6.04 Å². The van der Waals surface area contributed by atoms with E-state index >= 15 is 0 Å². The molecular weight excluding hydrogens is 344 g/mol. The Bertz CT molecular complexity index is 764. The standard InChI is InChI=1S/C11H15NO2.C10H13NO2/c1-8(12-2)5-9-3-4-10-11(6-9)14-7-13-10;1-7(11)4-8-2-3-9-10(5-8)13-6-12-9/h3-4,6,8,12H,5,7H2,1-2H3;2-3,5,7H,4,6,11H2,1H3. The van der Waals surface area contributed by atoms with Gasteiger partial charge < -0.3 is 30.0 Å². The van der Waals surface area contributed by atoms with Crippen LogP contribution in [0.1, 0.15) is 25.0 Å². The highest BCUT2D eigenvalue weighted by Crippen LogP contribution is 2.33. The predicted molar refractivity (Wildman–Crippen MR) is 105 cm³/mol. The maximum atomic E-state index is 5.70. The van der Waals surface area contributed by atoms with Gasteiger partial charge in [0, 0.05) is 12.1 Å². The fraction of sp³-hybridized carbons (Fsp3) is 0.429. The number of likely N-dealkylation sites (N-methyl/N-ethyl adjacent to an activating group) is 1. The van der Waals surface area contributed by atoms with Gasteiger partial charge >= 0.3 is 0 Å². The second-order valence-electron chi connectivity index (χ2n) is 6.95. The van der Waals surface area contributed by atoms with Crippen LogP contribution in [0.15, 0.2) is 36.4 Å². The van der Waals surface area contributed by atoms with Gasteiger partial charge in [0.05, 0.1) is 0 Å². The zero-order chi connectivity index (χ0) is 19.2. The number of rotatable bonds is 5. The average Bonchev–Trinajstić information content (AvgIpc) is 3.29. The van der Waals surface area contributed by atoms with Crippen LogP contribution in [0.3, 0.4) is 0 Å². The number of ether oxygens (including phenoxy) is 4. The smallest absolute Gasteiger partial charge is 0.231 e. The van der Waals surface area contributed by atoms with Crippen LogP contribution in [0, 0.1) is 0 Å². The molecule has 2 aromatic rings. The van der Waals surface area contributed by atoms with Gasteiger partial charge in [-0.15, -0.1) is 0 Å². The molecule has 2 atom stereocenters. The summed E-state index contributed by atoms with van der Waals surface area (Å²) in [6.07, 6.45) is 1.88. The Balaban J connectivity index is 0.000000156. The first-order valence-corrected chi connectivity index (χ1v) is 9.25. The third-order valence-electron chi connectivity index (χ3n) is 4.47. The van der Waals surface area contributed by atoms with Gasteiger partial charge in [0.15, 0.2) is 23.0 Å². The van der Waals surface area contributed by atoms with Crippen LogP contribution in [0.4, 0.5) is 0 Å². The van der Waals surface area contributed by atoms with Gasteiger partial charge in [-0.2, -0.15) is 0 Å². The lowest BCUT2D eigenvalue weighted by Gasteiger charge is -2.09. The minimum absolute atomic E-state index is 0.181. The summed E-state index contributed by atoms with van der Waals surface area (Å²) < 4.78 is 21.0. The zero-order valence-corrected chi connectivity index (χ0v) is 16.2. The van der Waals surface area contributed by atoms with Crippen molar-refractivity contribution in [2.24, 2.45) is 5.73 Å². The summed E-state index contributed by atoms with van der Waals surface area (Å²) in [7, 11) is 1.97. The maximum Gasteiger partial charge on any atom is 0.231 e. The molecule has 146 valence electrons. The van der Waals surface area contributed by atoms with Crippen molar-refractivity contribution in [3.05, 3.63) is 47.5 Å². The Morgan fingerprint density at radius 2 is 1.30 bits per heavy atom. The quantitative estimate of drug-likeness (QED) is 0.841. The molecule has 0 saturated carbocycles. The van der Waals surface area contributed by atoms with E-state index in [4.69, 9.17) is 24.7 Å². The van der Waals surface area contributed by atoms with E-state index in [0.29, 0.717) is 19.6 Å². The molecule has 2 aliphatic rings. The van der Waals surface area contributed by atoms with Crippen molar-refractivity contribution in [3.8, 4) is 23.0 Å². The highest BCUT2D eigenvalue weighted by Gasteiger charge is 2.14. The first-order chi connectivity index (χ1) is 13.0. The van der Waals surface area contributed by atoms with Crippen LogP contribution >= 0.6 is 0 Å². The van der Waals surface area contributed by atoms with Gasteiger partial charge in [0.2, 0.25) is 13.6 Å². The Kier molecular flexibility index (Phi) is 6.42. The summed E-state index contributed by atoms with van der Waals surface area (Å²) in [5.41, 5.74) is 8.17. The molecule has 0 aromatic heterocycles. The van der Waals surface area contributed by atoms with Gasteiger partial charge in [-0.25, -0.2) is 0 Å². The zero-order valence-electron chi connectivity index (χ0n) is 16.2. The van der Waals surface area contributed by atoms with E-state index in [1.165, 1.54) is 11.1 Å². The molecule has 27 heavy (non-hydrogen) atoms. The highest BCUT2D eigenvalue weighted by atomic mass is 16.7. The van der Waals surface area contributed by atoms with Crippen molar-refractivity contribution in [1.29, 1.82) is 0 Å². The van der Waals surface area contributed by atoms with Gasteiger partial charge in [0.25, 0.3) is 0 Å². The van der Waals surface area contributed by atoms with Gasteiger partial charge in [-0.1, -0.05) is 12.1 Å². The lowest BCUT2D eigenvalue weighted by atomic mass is 10.1. The lowest BCUT2D eigenvalue weighted by Crippen LogP contribution is -2.23. The van der Waals surface area contributed by atoms with E-state index in [9.17, 15) is 0 Å². The minimum Gasteiger partial charge on any atom is -0.454 e. The van der Waals surface area contributed by atoms with Gasteiger partial charge in [-0.05, 0) is 69.1 Å².